The second-order valence-corrected chi connectivity index (χ2v) is 5.82. The number of hydrogen-bond donors (Lipinski definition) is 3. The van der Waals surface area contributed by atoms with Crippen molar-refractivity contribution >= 4 is 23.3 Å². The Bertz CT molecular complexity index is 444. The van der Waals surface area contributed by atoms with Gasteiger partial charge in [0, 0.05) is 29.6 Å². The summed E-state index contributed by atoms with van der Waals surface area (Å²) in [6, 6.07) is 7.33. The lowest BCUT2D eigenvalue weighted by molar-refractivity contribution is -0.905. The van der Waals surface area contributed by atoms with Crippen molar-refractivity contribution in [2.24, 2.45) is 0 Å². The van der Waals surface area contributed by atoms with Crippen LogP contribution in [0.3, 0.4) is 0 Å². The molecule has 0 unspecified atom stereocenters. The first-order valence-electron chi connectivity index (χ1n) is 7.34. The first-order chi connectivity index (χ1) is 9.67. The van der Waals surface area contributed by atoms with E-state index in [1.807, 2.05) is 12.1 Å². The number of carbonyl (C=O) groups is 1. The Labute approximate surface area is 125 Å². The van der Waals surface area contributed by atoms with Gasteiger partial charge in [0.2, 0.25) is 0 Å². The second kappa shape index (κ2) is 7.50. The largest absolute Gasteiger partial charge is 0.335 e. The van der Waals surface area contributed by atoms with Gasteiger partial charge in [0.15, 0.2) is 0 Å². The first kappa shape index (κ1) is 15.1. The quantitative estimate of drug-likeness (QED) is 0.781. The normalized spacial score (nSPS) is 22.3. The number of benzene rings is 1. The molecule has 2 rings (SSSR count). The molecule has 0 aliphatic carbocycles. The van der Waals surface area contributed by atoms with Crippen LogP contribution in [0.15, 0.2) is 24.3 Å². The molecule has 110 valence electrons. The van der Waals surface area contributed by atoms with Gasteiger partial charge in [-0.2, -0.15) is 0 Å². The van der Waals surface area contributed by atoms with Crippen LogP contribution in [-0.2, 0) is 0 Å². The van der Waals surface area contributed by atoms with E-state index < -0.39 is 0 Å². The van der Waals surface area contributed by atoms with Crippen LogP contribution in [0, 0.1) is 0 Å². The van der Waals surface area contributed by atoms with Gasteiger partial charge < -0.3 is 15.5 Å². The minimum absolute atomic E-state index is 0.142. The lowest BCUT2D eigenvalue weighted by atomic mass is 10.1. The van der Waals surface area contributed by atoms with Crippen molar-refractivity contribution in [3.63, 3.8) is 0 Å². The standard InChI is InChI=1S/C15H22ClN3O/c1-2-8-19-9-6-13(7-10-19)17-15(20)18-14-5-3-4-12(16)11-14/h3-5,11,13H,2,6-10H2,1H3,(H2,17,18,20)/p+1. The molecule has 5 heteroatoms. The summed E-state index contributed by atoms with van der Waals surface area (Å²) in [7, 11) is 0. The summed E-state index contributed by atoms with van der Waals surface area (Å²) in [6.45, 7) is 5.75. The number of carbonyl (C=O) groups excluding carboxylic acids is 1. The zero-order chi connectivity index (χ0) is 14.4. The number of nitrogens with one attached hydrogen (secondary N) is 3. The Hall–Kier alpha value is -1.26. The van der Waals surface area contributed by atoms with E-state index in [9.17, 15) is 4.79 Å². The van der Waals surface area contributed by atoms with Crippen LogP contribution in [0.2, 0.25) is 5.02 Å². The van der Waals surface area contributed by atoms with Crippen molar-refractivity contribution < 1.29 is 9.69 Å². The van der Waals surface area contributed by atoms with Crippen LogP contribution in [0.4, 0.5) is 10.5 Å². The molecule has 0 spiro atoms. The molecule has 0 aromatic heterocycles. The summed E-state index contributed by atoms with van der Waals surface area (Å²) in [5.74, 6) is 0. The van der Waals surface area contributed by atoms with Crippen LogP contribution >= 0.6 is 11.6 Å². The van der Waals surface area contributed by atoms with Gasteiger partial charge in [0.1, 0.15) is 0 Å². The summed E-state index contributed by atoms with van der Waals surface area (Å²) in [5, 5.41) is 6.49. The highest BCUT2D eigenvalue weighted by atomic mass is 35.5. The van der Waals surface area contributed by atoms with Crippen LogP contribution in [0.25, 0.3) is 0 Å². The molecular formula is C15H23ClN3O+. The highest BCUT2D eigenvalue weighted by molar-refractivity contribution is 6.30. The van der Waals surface area contributed by atoms with E-state index in [2.05, 4.69) is 17.6 Å². The molecule has 1 aromatic rings. The number of likely N-dealkylation sites (tertiary alicyclic amines) is 1. The Balaban J connectivity index is 1.75. The number of quaternary nitrogens is 1. The predicted molar refractivity (Wildman–Crippen MR) is 82.5 cm³/mol. The van der Waals surface area contributed by atoms with E-state index >= 15 is 0 Å². The van der Waals surface area contributed by atoms with E-state index in [0.717, 1.165) is 31.6 Å². The third kappa shape index (κ3) is 4.69. The molecule has 1 aromatic carbocycles. The van der Waals surface area contributed by atoms with Gasteiger partial charge in [0.05, 0.1) is 19.6 Å². The molecule has 0 atom stereocenters. The molecule has 4 nitrogen and oxygen atoms in total. The smallest absolute Gasteiger partial charge is 0.319 e. The first-order valence-corrected chi connectivity index (χ1v) is 7.72. The monoisotopic (exact) mass is 296 g/mol. The SMILES string of the molecule is CCC[NH+]1CCC(NC(=O)Nc2cccc(Cl)c2)CC1. The topological polar surface area (TPSA) is 45.6 Å². The molecule has 1 aliphatic heterocycles. The number of rotatable bonds is 4. The Kier molecular flexibility index (Phi) is 5.68. The Morgan fingerprint density at radius 1 is 1.40 bits per heavy atom. The fourth-order valence-corrected chi connectivity index (χ4v) is 2.88. The molecule has 0 saturated carbocycles. The fraction of sp³-hybridized carbons (Fsp3) is 0.533. The zero-order valence-corrected chi connectivity index (χ0v) is 12.7. The van der Waals surface area contributed by atoms with Gasteiger partial charge in [-0.3, -0.25) is 0 Å². The average molecular weight is 297 g/mol. The Morgan fingerprint density at radius 2 is 2.15 bits per heavy atom. The number of halogens is 1. The Morgan fingerprint density at radius 3 is 2.80 bits per heavy atom. The summed E-state index contributed by atoms with van der Waals surface area (Å²) >= 11 is 5.89. The molecule has 1 fully saturated rings. The number of piperidine rings is 1. The number of anilines is 1. The second-order valence-electron chi connectivity index (χ2n) is 5.38. The van der Waals surface area contributed by atoms with E-state index in [0.29, 0.717) is 5.02 Å². The van der Waals surface area contributed by atoms with Gasteiger partial charge in [0.25, 0.3) is 0 Å². The molecule has 0 radical (unpaired) electrons. The van der Waals surface area contributed by atoms with Crippen LogP contribution in [-0.4, -0.2) is 31.7 Å². The maximum absolute atomic E-state index is 11.9. The summed E-state index contributed by atoms with van der Waals surface area (Å²) in [5.41, 5.74) is 0.726. The molecule has 1 aliphatic rings. The van der Waals surface area contributed by atoms with E-state index in [-0.39, 0.29) is 12.1 Å². The van der Waals surface area contributed by atoms with Gasteiger partial charge in [-0.05, 0) is 24.6 Å². The van der Waals surface area contributed by atoms with Gasteiger partial charge in [-0.1, -0.05) is 24.6 Å². The molecule has 2 amide bonds. The summed E-state index contributed by atoms with van der Waals surface area (Å²) in [6.07, 6.45) is 3.33. The molecule has 1 heterocycles. The van der Waals surface area contributed by atoms with Crippen molar-refractivity contribution in [3.05, 3.63) is 29.3 Å². The van der Waals surface area contributed by atoms with Crippen molar-refractivity contribution in [3.8, 4) is 0 Å². The maximum atomic E-state index is 11.9. The van der Waals surface area contributed by atoms with Crippen molar-refractivity contribution in [1.82, 2.24) is 5.32 Å². The number of amides is 2. The summed E-state index contributed by atoms with van der Waals surface area (Å²) in [4.78, 5) is 13.6. The third-order valence-electron chi connectivity index (χ3n) is 3.71. The predicted octanol–water partition coefficient (Wildman–Crippen LogP) is 1.92. The fourth-order valence-electron chi connectivity index (χ4n) is 2.69. The third-order valence-corrected chi connectivity index (χ3v) is 3.95. The van der Waals surface area contributed by atoms with Gasteiger partial charge >= 0.3 is 6.03 Å². The minimum Gasteiger partial charge on any atom is -0.335 e. The van der Waals surface area contributed by atoms with Crippen molar-refractivity contribution in [1.29, 1.82) is 0 Å². The molecular weight excluding hydrogens is 274 g/mol. The van der Waals surface area contributed by atoms with E-state index in [4.69, 9.17) is 11.6 Å². The van der Waals surface area contributed by atoms with Gasteiger partial charge in [-0.25, -0.2) is 4.79 Å². The van der Waals surface area contributed by atoms with Crippen LogP contribution in [0.1, 0.15) is 26.2 Å². The lowest BCUT2D eigenvalue weighted by Gasteiger charge is -2.29. The molecule has 0 bridgehead atoms. The lowest BCUT2D eigenvalue weighted by Crippen LogP contribution is -3.13. The van der Waals surface area contributed by atoms with Crippen molar-refractivity contribution in [2.75, 3.05) is 25.0 Å². The molecule has 20 heavy (non-hydrogen) atoms. The van der Waals surface area contributed by atoms with Crippen molar-refractivity contribution in [2.45, 2.75) is 32.2 Å². The summed E-state index contributed by atoms with van der Waals surface area (Å²) < 4.78 is 0. The van der Waals surface area contributed by atoms with Crippen LogP contribution in [0.5, 0.6) is 0 Å². The average Bonchev–Trinajstić information content (AvgIpc) is 2.41. The van der Waals surface area contributed by atoms with E-state index in [1.165, 1.54) is 13.0 Å². The molecule has 1 saturated heterocycles. The van der Waals surface area contributed by atoms with Gasteiger partial charge in [-0.15, -0.1) is 0 Å². The molecule has 3 N–H and O–H groups in total. The highest BCUT2D eigenvalue weighted by Gasteiger charge is 2.22. The van der Waals surface area contributed by atoms with Crippen LogP contribution < -0.4 is 15.5 Å². The zero-order valence-electron chi connectivity index (χ0n) is 11.9. The van der Waals surface area contributed by atoms with E-state index in [1.54, 1.807) is 17.0 Å². The number of hydrogen-bond acceptors (Lipinski definition) is 1. The highest BCUT2D eigenvalue weighted by Crippen LogP contribution is 2.14. The minimum atomic E-state index is -0.142. The maximum Gasteiger partial charge on any atom is 0.319 e. The number of urea groups is 1.